The normalized spacial score (nSPS) is 18.7. The second kappa shape index (κ2) is 6.73. The highest BCUT2D eigenvalue weighted by atomic mass is 16.2. The zero-order chi connectivity index (χ0) is 13.7. The smallest absolute Gasteiger partial charge is 0.236 e. The number of rotatable bonds is 5. The third kappa shape index (κ3) is 3.98. The Kier molecular flexibility index (Phi) is 5.59. The summed E-state index contributed by atoms with van der Waals surface area (Å²) in [6, 6.07) is -0.0442. The van der Waals surface area contributed by atoms with Gasteiger partial charge in [0.25, 0.3) is 0 Å². The van der Waals surface area contributed by atoms with Crippen molar-refractivity contribution in [1.29, 1.82) is 0 Å². The van der Waals surface area contributed by atoms with Crippen molar-refractivity contribution in [3.8, 4) is 0 Å². The van der Waals surface area contributed by atoms with Crippen molar-refractivity contribution in [1.82, 2.24) is 9.80 Å². The van der Waals surface area contributed by atoms with Gasteiger partial charge in [-0.25, -0.2) is 0 Å². The molecule has 1 fully saturated rings. The monoisotopic (exact) mass is 255 g/mol. The van der Waals surface area contributed by atoms with Crippen molar-refractivity contribution in [2.24, 2.45) is 5.73 Å². The molecule has 1 aliphatic rings. The third-order valence-electron chi connectivity index (χ3n) is 3.97. The van der Waals surface area contributed by atoms with Crippen LogP contribution in [0.1, 0.15) is 39.0 Å². The highest BCUT2D eigenvalue weighted by Crippen LogP contribution is 2.21. The molecule has 0 radical (unpaired) electrons. The molecule has 1 rings (SSSR count). The molecule has 0 aromatic rings. The van der Waals surface area contributed by atoms with Gasteiger partial charge in [0.1, 0.15) is 0 Å². The molecule has 5 heteroatoms. The Labute approximate surface area is 109 Å². The number of likely N-dealkylation sites (N-methyl/N-ethyl adjacent to an activating group) is 2. The van der Waals surface area contributed by atoms with Crippen LogP contribution >= 0.6 is 0 Å². The Bertz CT molecular complexity index is 301. The van der Waals surface area contributed by atoms with Gasteiger partial charge in [-0.15, -0.1) is 0 Å². The molecule has 0 aliphatic heterocycles. The Morgan fingerprint density at radius 1 is 1.22 bits per heavy atom. The van der Waals surface area contributed by atoms with E-state index in [1.807, 2.05) is 11.9 Å². The molecule has 18 heavy (non-hydrogen) atoms. The molecule has 5 nitrogen and oxygen atoms in total. The molecule has 2 N–H and O–H groups in total. The fourth-order valence-corrected chi connectivity index (χ4v) is 2.35. The summed E-state index contributed by atoms with van der Waals surface area (Å²) in [7, 11) is 3.61. The highest BCUT2D eigenvalue weighted by Gasteiger charge is 2.24. The quantitative estimate of drug-likeness (QED) is 0.781. The number of hydrogen-bond acceptors (Lipinski definition) is 3. The minimum atomic E-state index is -0.409. The molecule has 104 valence electrons. The van der Waals surface area contributed by atoms with Gasteiger partial charge in [-0.05, 0) is 26.8 Å². The number of amides is 2. The third-order valence-corrected chi connectivity index (χ3v) is 3.97. The number of hydrogen-bond donors (Lipinski definition) is 1. The molecular formula is C13H25N3O2. The van der Waals surface area contributed by atoms with E-state index in [-0.39, 0.29) is 12.5 Å². The van der Waals surface area contributed by atoms with E-state index in [0.29, 0.717) is 6.04 Å². The van der Waals surface area contributed by atoms with Gasteiger partial charge in [0.05, 0.1) is 12.6 Å². The minimum absolute atomic E-state index is 0.0671. The summed E-state index contributed by atoms with van der Waals surface area (Å²) in [5.41, 5.74) is 5.23. The average Bonchev–Trinajstić information content (AvgIpc) is 2.37. The summed E-state index contributed by atoms with van der Waals surface area (Å²) in [5.74, 6) is -0.330. The van der Waals surface area contributed by atoms with Crippen molar-refractivity contribution in [2.75, 3.05) is 20.6 Å². The van der Waals surface area contributed by atoms with Crippen LogP contribution in [0.5, 0.6) is 0 Å². The summed E-state index contributed by atoms with van der Waals surface area (Å²) in [6.45, 7) is 1.97. The van der Waals surface area contributed by atoms with E-state index >= 15 is 0 Å². The number of nitrogens with zero attached hydrogens (tertiary/aromatic N) is 2. The Morgan fingerprint density at radius 3 is 2.28 bits per heavy atom. The second-order valence-corrected chi connectivity index (χ2v) is 5.29. The van der Waals surface area contributed by atoms with Crippen LogP contribution in [0.2, 0.25) is 0 Å². The Morgan fingerprint density at radius 2 is 1.78 bits per heavy atom. The lowest BCUT2D eigenvalue weighted by Crippen LogP contribution is -2.48. The van der Waals surface area contributed by atoms with E-state index in [2.05, 4.69) is 0 Å². The van der Waals surface area contributed by atoms with Crippen molar-refractivity contribution >= 4 is 11.8 Å². The van der Waals surface area contributed by atoms with Gasteiger partial charge >= 0.3 is 0 Å². The summed E-state index contributed by atoms with van der Waals surface area (Å²) in [4.78, 5) is 26.7. The standard InChI is InChI=1S/C13H25N3O2/c1-10(13(14)18)15(2)9-12(17)16(3)11-7-5-4-6-8-11/h10-11H,4-9H2,1-3H3,(H2,14,18)/t10-/m1/s1. The van der Waals surface area contributed by atoms with Crippen LogP contribution in [-0.4, -0.2) is 54.3 Å². The second-order valence-electron chi connectivity index (χ2n) is 5.29. The van der Waals surface area contributed by atoms with Crippen molar-refractivity contribution in [3.63, 3.8) is 0 Å². The molecule has 0 aromatic heterocycles. The topological polar surface area (TPSA) is 66.6 Å². The molecule has 0 aromatic carbocycles. The lowest BCUT2D eigenvalue weighted by molar-refractivity contribution is -0.134. The van der Waals surface area contributed by atoms with Crippen molar-refractivity contribution < 1.29 is 9.59 Å². The van der Waals surface area contributed by atoms with E-state index in [9.17, 15) is 9.59 Å². The number of nitrogens with two attached hydrogens (primary N) is 1. The fraction of sp³-hybridized carbons (Fsp3) is 0.846. The van der Waals surface area contributed by atoms with Crippen molar-refractivity contribution in [2.45, 2.75) is 51.1 Å². The Balaban J connectivity index is 2.46. The van der Waals surface area contributed by atoms with Gasteiger partial charge in [0, 0.05) is 13.1 Å². The average molecular weight is 255 g/mol. The largest absolute Gasteiger partial charge is 0.368 e. The molecule has 0 bridgehead atoms. The maximum atomic E-state index is 12.1. The number of carbonyl (C=O) groups is 2. The van der Waals surface area contributed by atoms with Crippen LogP contribution in [0.25, 0.3) is 0 Å². The Hall–Kier alpha value is -1.10. The van der Waals surface area contributed by atoms with Crippen LogP contribution in [0, 0.1) is 0 Å². The first-order valence-electron chi connectivity index (χ1n) is 6.68. The molecule has 0 heterocycles. The molecule has 1 atom stereocenters. The maximum absolute atomic E-state index is 12.1. The molecule has 2 amide bonds. The maximum Gasteiger partial charge on any atom is 0.236 e. The van der Waals surface area contributed by atoms with Gasteiger partial charge in [0.2, 0.25) is 11.8 Å². The van der Waals surface area contributed by atoms with Crippen LogP contribution < -0.4 is 5.73 Å². The SMILES string of the molecule is C[C@H](C(N)=O)N(C)CC(=O)N(C)C1CCCCC1. The van der Waals surface area contributed by atoms with E-state index in [1.165, 1.54) is 19.3 Å². The van der Waals surface area contributed by atoms with Crippen LogP contribution in [0.15, 0.2) is 0 Å². The number of carbonyl (C=O) groups excluding carboxylic acids is 2. The summed E-state index contributed by atoms with van der Waals surface area (Å²) in [6.07, 6.45) is 5.87. The summed E-state index contributed by atoms with van der Waals surface area (Å²) in [5, 5.41) is 0. The summed E-state index contributed by atoms with van der Waals surface area (Å²) >= 11 is 0. The van der Waals surface area contributed by atoms with Gasteiger partial charge in [0.15, 0.2) is 0 Å². The molecule has 1 saturated carbocycles. The zero-order valence-corrected chi connectivity index (χ0v) is 11.7. The molecule has 0 unspecified atom stereocenters. The summed E-state index contributed by atoms with van der Waals surface area (Å²) < 4.78 is 0. The van der Waals surface area contributed by atoms with E-state index in [4.69, 9.17) is 5.73 Å². The zero-order valence-electron chi connectivity index (χ0n) is 11.7. The lowest BCUT2D eigenvalue weighted by atomic mass is 9.94. The first kappa shape index (κ1) is 15.0. The van der Waals surface area contributed by atoms with Gasteiger partial charge in [-0.2, -0.15) is 0 Å². The van der Waals surface area contributed by atoms with E-state index < -0.39 is 11.9 Å². The lowest BCUT2D eigenvalue weighted by Gasteiger charge is -2.33. The fourth-order valence-electron chi connectivity index (χ4n) is 2.35. The first-order valence-corrected chi connectivity index (χ1v) is 6.68. The molecule has 1 aliphatic carbocycles. The molecular weight excluding hydrogens is 230 g/mol. The molecule has 0 saturated heterocycles. The predicted octanol–water partition coefficient (Wildman–Crippen LogP) is 0.583. The van der Waals surface area contributed by atoms with E-state index in [1.54, 1.807) is 18.9 Å². The van der Waals surface area contributed by atoms with Gasteiger partial charge in [-0.3, -0.25) is 14.5 Å². The predicted molar refractivity (Wildman–Crippen MR) is 70.9 cm³/mol. The first-order chi connectivity index (χ1) is 8.43. The van der Waals surface area contributed by atoms with Crippen LogP contribution in [0.3, 0.4) is 0 Å². The molecule has 0 spiro atoms. The van der Waals surface area contributed by atoms with Crippen LogP contribution in [0.4, 0.5) is 0 Å². The van der Waals surface area contributed by atoms with Gasteiger partial charge in [-0.1, -0.05) is 19.3 Å². The van der Waals surface area contributed by atoms with E-state index in [0.717, 1.165) is 12.8 Å². The minimum Gasteiger partial charge on any atom is -0.368 e. The van der Waals surface area contributed by atoms with Gasteiger partial charge < -0.3 is 10.6 Å². The number of primary amides is 1. The highest BCUT2D eigenvalue weighted by molar-refractivity contribution is 5.82. The van der Waals surface area contributed by atoms with Crippen LogP contribution in [-0.2, 0) is 9.59 Å². The van der Waals surface area contributed by atoms with Crippen molar-refractivity contribution in [3.05, 3.63) is 0 Å².